The first kappa shape index (κ1) is 17.5. The zero-order valence-electron chi connectivity index (χ0n) is 14.9. The smallest absolute Gasteiger partial charge is 0.254 e. The number of rotatable bonds is 3. The lowest BCUT2D eigenvalue weighted by atomic mass is 10.1. The van der Waals surface area contributed by atoms with Crippen LogP contribution >= 0.6 is 0 Å². The molecule has 2 heterocycles. The number of ether oxygens (including phenoxy) is 1. The van der Waals surface area contributed by atoms with Gasteiger partial charge in [0.2, 0.25) is 0 Å². The van der Waals surface area contributed by atoms with E-state index in [0.29, 0.717) is 25.3 Å². The Bertz CT molecular complexity index is 906. The number of amides is 1. The summed E-state index contributed by atoms with van der Waals surface area (Å²) in [6.07, 6.45) is 3.11. The molecule has 1 N–H and O–H groups in total. The first-order chi connectivity index (χ1) is 13.2. The molecule has 0 aliphatic carbocycles. The predicted molar refractivity (Wildman–Crippen MR) is 102 cm³/mol. The van der Waals surface area contributed by atoms with Gasteiger partial charge in [0.05, 0.1) is 31.3 Å². The van der Waals surface area contributed by atoms with E-state index in [4.69, 9.17) is 4.74 Å². The van der Waals surface area contributed by atoms with Crippen LogP contribution in [0.5, 0.6) is 0 Å². The van der Waals surface area contributed by atoms with E-state index in [-0.39, 0.29) is 12.5 Å². The molecule has 0 unspecified atom stereocenters. The minimum atomic E-state index is -0.641. The van der Waals surface area contributed by atoms with Gasteiger partial charge in [-0.1, -0.05) is 30.3 Å². The molecule has 0 saturated carbocycles. The third-order valence-electron chi connectivity index (χ3n) is 4.60. The quantitative estimate of drug-likeness (QED) is 0.776. The van der Waals surface area contributed by atoms with Crippen LogP contribution in [0.15, 0.2) is 67.1 Å². The van der Waals surface area contributed by atoms with Gasteiger partial charge in [-0.05, 0) is 24.3 Å². The van der Waals surface area contributed by atoms with Crippen LogP contribution in [-0.2, 0) is 4.74 Å². The highest BCUT2D eigenvalue weighted by Crippen LogP contribution is 2.20. The molecule has 138 valence electrons. The Morgan fingerprint density at radius 2 is 1.89 bits per heavy atom. The number of para-hydroxylation sites is 1. The van der Waals surface area contributed by atoms with Crippen molar-refractivity contribution in [3.63, 3.8) is 0 Å². The Balaban J connectivity index is 1.51. The predicted octanol–water partition coefficient (Wildman–Crippen LogP) is 2.37. The van der Waals surface area contributed by atoms with Gasteiger partial charge in [0.25, 0.3) is 5.91 Å². The van der Waals surface area contributed by atoms with Gasteiger partial charge in [-0.2, -0.15) is 0 Å². The average Bonchev–Trinajstić information content (AvgIpc) is 3.11. The van der Waals surface area contributed by atoms with E-state index in [1.165, 1.54) is 0 Å². The molecule has 1 aliphatic rings. The van der Waals surface area contributed by atoms with Gasteiger partial charge in [-0.25, -0.2) is 4.98 Å². The summed E-state index contributed by atoms with van der Waals surface area (Å²) in [7, 11) is 0. The number of β-amino-alcohol motifs (C(OH)–C–C–N with tert-alkyl or cyclic N) is 1. The molecule has 3 aromatic rings. The van der Waals surface area contributed by atoms with Gasteiger partial charge >= 0.3 is 0 Å². The lowest BCUT2D eigenvalue weighted by molar-refractivity contribution is 0.0534. The molecule has 1 amide bonds. The third-order valence-corrected chi connectivity index (χ3v) is 4.60. The lowest BCUT2D eigenvalue weighted by Crippen LogP contribution is -2.37. The Labute approximate surface area is 157 Å². The number of benzene rings is 2. The molecule has 27 heavy (non-hydrogen) atoms. The second-order valence-electron chi connectivity index (χ2n) is 6.56. The molecule has 0 radical (unpaired) electrons. The number of carbonyl (C=O) groups excluding carboxylic acids is 1. The average molecular weight is 363 g/mol. The minimum Gasteiger partial charge on any atom is -0.389 e. The highest BCUT2D eigenvalue weighted by molar-refractivity contribution is 5.94. The van der Waals surface area contributed by atoms with E-state index in [2.05, 4.69) is 4.98 Å². The van der Waals surface area contributed by atoms with Gasteiger partial charge < -0.3 is 19.3 Å². The van der Waals surface area contributed by atoms with Crippen LogP contribution in [0.4, 0.5) is 0 Å². The fourth-order valence-corrected chi connectivity index (χ4v) is 3.16. The summed E-state index contributed by atoms with van der Waals surface area (Å²) >= 11 is 0. The minimum absolute atomic E-state index is 0.0964. The maximum absolute atomic E-state index is 12.7. The van der Waals surface area contributed by atoms with Crippen molar-refractivity contribution in [3.8, 4) is 16.9 Å². The van der Waals surface area contributed by atoms with Gasteiger partial charge in [0.15, 0.2) is 0 Å². The van der Waals surface area contributed by atoms with Crippen molar-refractivity contribution >= 4 is 5.91 Å². The molecular weight excluding hydrogens is 342 g/mol. The molecular formula is C21H21N3O3. The van der Waals surface area contributed by atoms with Gasteiger partial charge in [0, 0.05) is 36.1 Å². The fraction of sp³-hybridized carbons (Fsp3) is 0.238. The Kier molecular flexibility index (Phi) is 5.00. The largest absolute Gasteiger partial charge is 0.389 e. The summed E-state index contributed by atoms with van der Waals surface area (Å²) in [6.45, 7) is 1.49. The number of imidazole rings is 1. The zero-order valence-corrected chi connectivity index (χ0v) is 14.9. The molecule has 2 aromatic carbocycles. The van der Waals surface area contributed by atoms with Crippen molar-refractivity contribution < 1.29 is 14.6 Å². The maximum atomic E-state index is 12.7. The maximum Gasteiger partial charge on any atom is 0.254 e. The van der Waals surface area contributed by atoms with Gasteiger partial charge in [0.1, 0.15) is 0 Å². The standard InChI is InChI=1S/C21H21N3O3/c25-19-12-23(10-11-27-14-19)21(26)17-8-6-16(7-9-17)20-13-24(15-22-20)18-4-2-1-3-5-18/h1-9,13,15,19,25H,10-12,14H2/t19-/m0/s1. The molecule has 1 saturated heterocycles. The molecule has 6 heteroatoms. The van der Waals surface area contributed by atoms with Crippen molar-refractivity contribution in [2.24, 2.45) is 0 Å². The highest BCUT2D eigenvalue weighted by Gasteiger charge is 2.22. The topological polar surface area (TPSA) is 67.6 Å². The lowest BCUT2D eigenvalue weighted by Gasteiger charge is -2.21. The number of aliphatic hydroxyl groups excluding tert-OH is 1. The third kappa shape index (κ3) is 3.92. The molecule has 1 aromatic heterocycles. The normalized spacial score (nSPS) is 17.5. The van der Waals surface area contributed by atoms with Crippen molar-refractivity contribution in [3.05, 3.63) is 72.7 Å². The number of aromatic nitrogens is 2. The molecule has 1 fully saturated rings. The Morgan fingerprint density at radius 1 is 1.11 bits per heavy atom. The summed E-state index contributed by atoms with van der Waals surface area (Å²) in [5.74, 6) is -0.0964. The SMILES string of the molecule is O=C(c1ccc(-c2cn(-c3ccccc3)cn2)cc1)N1CCOC[C@@H](O)C1. The van der Waals surface area contributed by atoms with Crippen molar-refractivity contribution in [2.45, 2.75) is 6.10 Å². The number of hydrogen-bond donors (Lipinski definition) is 1. The fourth-order valence-electron chi connectivity index (χ4n) is 3.16. The second kappa shape index (κ2) is 7.73. The summed E-state index contributed by atoms with van der Waals surface area (Å²) < 4.78 is 7.25. The van der Waals surface area contributed by atoms with Crippen LogP contribution < -0.4 is 0 Å². The van der Waals surface area contributed by atoms with E-state index in [9.17, 15) is 9.90 Å². The number of carbonyl (C=O) groups is 1. The highest BCUT2D eigenvalue weighted by atomic mass is 16.5. The van der Waals surface area contributed by atoms with Crippen LogP contribution in [-0.4, -0.2) is 57.9 Å². The van der Waals surface area contributed by atoms with Gasteiger partial charge in [-0.15, -0.1) is 0 Å². The van der Waals surface area contributed by atoms with Crippen molar-refractivity contribution in [1.29, 1.82) is 0 Å². The van der Waals surface area contributed by atoms with E-state index in [0.717, 1.165) is 16.9 Å². The van der Waals surface area contributed by atoms with Crippen molar-refractivity contribution in [1.82, 2.24) is 14.5 Å². The van der Waals surface area contributed by atoms with E-state index >= 15 is 0 Å². The molecule has 0 bridgehead atoms. The first-order valence-electron chi connectivity index (χ1n) is 8.95. The first-order valence-corrected chi connectivity index (χ1v) is 8.95. The van der Waals surface area contributed by atoms with Crippen LogP contribution in [0.2, 0.25) is 0 Å². The van der Waals surface area contributed by atoms with Crippen LogP contribution in [0.1, 0.15) is 10.4 Å². The van der Waals surface area contributed by atoms with E-state index < -0.39 is 6.10 Å². The summed E-state index contributed by atoms with van der Waals surface area (Å²) in [6, 6.07) is 17.4. The summed E-state index contributed by atoms with van der Waals surface area (Å²) in [5.41, 5.74) is 3.43. The Hall–Kier alpha value is -2.96. The van der Waals surface area contributed by atoms with Crippen molar-refractivity contribution in [2.75, 3.05) is 26.3 Å². The molecule has 0 spiro atoms. The Morgan fingerprint density at radius 3 is 2.67 bits per heavy atom. The van der Waals surface area contributed by atoms with Crippen LogP contribution in [0.25, 0.3) is 16.9 Å². The summed E-state index contributed by atoms with van der Waals surface area (Å²) in [5, 5.41) is 9.81. The van der Waals surface area contributed by atoms with E-state index in [1.54, 1.807) is 23.4 Å². The molecule has 1 aliphatic heterocycles. The monoisotopic (exact) mass is 363 g/mol. The molecule has 4 rings (SSSR count). The second-order valence-corrected chi connectivity index (χ2v) is 6.56. The zero-order chi connectivity index (χ0) is 18.6. The number of hydrogen-bond acceptors (Lipinski definition) is 4. The summed E-state index contributed by atoms with van der Waals surface area (Å²) in [4.78, 5) is 18.8. The van der Waals surface area contributed by atoms with E-state index in [1.807, 2.05) is 53.2 Å². The van der Waals surface area contributed by atoms with Gasteiger partial charge in [-0.3, -0.25) is 4.79 Å². The molecule has 6 nitrogen and oxygen atoms in total. The number of nitrogens with zero attached hydrogens (tertiary/aromatic N) is 3. The van der Waals surface area contributed by atoms with Crippen LogP contribution in [0, 0.1) is 0 Å². The molecule has 1 atom stereocenters. The van der Waals surface area contributed by atoms with Crippen LogP contribution in [0.3, 0.4) is 0 Å². The number of aliphatic hydroxyl groups is 1.